The zero-order chi connectivity index (χ0) is 15.8. The first kappa shape index (κ1) is 16.0. The van der Waals surface area contributed by atoms with E-state index in [0.29, 0.717) is 11.3 Å². The Balaban J connectivity index is 1.95. The van der Waals surface area contributed by atoms with Gasteiger partial charge in [0.2, 0.25) is 5.78 Å². The summed E-state index contributed by atoms with van der Waals surface area (Å²) in [7, 11) is 0. The summed E-state index contributed by atoms with van der Waals surface area (Å²) >= 11 is 0. The first-order valence-electron chi connectivity index (χ1n) is 7.76. The molecule has 112 valence electrons. The number of benzene rings is 1. The van der Waals surface area contributed by atoms with Crippen LogP contribution in [0.2, 0.25) is 0 Å². The minimum Gasteiger partial charge on any atom is -0.290 e. The average Bonchev–Trinajstić information content (AvgIpc) is 2.52. The lowest BCUT2D eigenvalue weighted by Gasteiger charge is -2.12. The zero-order valence-electron chi connectivity index (χ0n) is 13.1. The number of ketones is 1. The van der Waals surface area contributed by atoms with Crippen molar-refractivity contribution in [2.24, 2.45) is 10.2 Å². The van der Waals surface area contributed by atoms with Crippen LogP contribution in [0.3, 0.4) is 0 Å². The van der Waals surface area contributed by atoms with Crippen molar-refractivity contribution in [3.63, 3.8) is 0 Å². The van der Waals surface area contributed by atoms with Gasteiger partial charge in [-0.05, 0) is 37.3 Å². The van der Waals surface area contributed by atoms with Crippen LogP contribution in [-0.2, 0) is 0 Å². The van der Waals surface area contributed by atoms with Crippen molar-refractivity contribution in [2.75, 3.05) is 0 Å². The highest BCUT2D eigenvalue weighted by Crippen LogP contribution is 2.27. The Morgan fingerprint density at radius 3 is 2.86 bits per heavy atom. The van der Waals surface area contributed by atoms with Gasteiger partial charge in [-0.25, -0.2) is 0 Å². The number of azo groups is 1. The molecule has 1 atom stereocenters. The topological polar surface area (TPSA) is 41.8 Å². The van der Waals surface area contributed by atoms with Gasteiger partial charge in [0.25, 0.3) is 0 Å². The van der Waals surface area contributed by atoms with E-state index in [0.717, 1.165) is 18.4 Å². The maximum Gasteiger partial charge on any atom is 0.203 e. The lowest BCUT2D eigenvalue weighted by atomic mass is 10.00. The molecule has 0 aliphatic carbocycles. The molecular formula is C19H20N2O. The van der Waals surface area contributed by atoms with E-state index in [4.69, 9.17) is 0 Å². The van der Waals surface area contributed by atoms with Crippen molar-refractivity contribution < 1.29 is 4.79 Å². The molecule has 0 aromatic heterocycles. The van der Waals surface area contributed by atoms with Crippen molar-refractivity contribution in [3.05, 3.63) is 29.3 Å². The molecule has 1 aromatic rings. The van der Waals surface area contributed by atoms with E-state index in [2.05, 4.69) is 40.8 Å². The van der Waals surface area contributed by atoms with Gasteiger partial charge in [0.15, 0.2) is 6.04 Å². The number of hydrogen-bond donors (Lipinski definition) is 0. The molecule has 0 N–H and O–H groups in total. The van der Waals surface area contributed by atoms with Crippen molar-refractivity contribution in [3.8, 4) is 23.7 Å². The number of hydrogen-bond acceptors (Lipinski definition) is 3. The first-order valence-corrected chi connectivity index (χ1v) is 7.76. The van der Waals surface area contributed by atoms with Crippen LogP contribution in [0.25, 0.3) is 0 Å². The zero-order valence-corrected chi connectivity index (χ0v) is 13.1. The number of fused-ring (bicyclic) bond motifs is 1. The molecule has 3 heteroatoms. The molecule has 1 unspecified atom stereocenters. The molecule has 1 aliphatic heterocycles. The van der Waals surface area contributed by atoms with E-state index >= 15 is 0 Å². The molecule has 0 bridgehead atoms. The predicted octanol–water partition coefficient (Wildman–Crippen LogP) is 4.62. The largest absolute Gasteiger partial charge is 0.290 e. The molecule has 0 saturated carbocycles. The third-order valence-corrected chi connectivity index (χ3v) is 3.46. The van der Waals surface area contributed by atoms with Crippen LogP contribution in [0.4, 0.5) is 5.69 Å². The SMILES string of the molecule is CCCCCCC#CC#CC1N=Nc2ccc(C)cc2C1=O. The smallest absolute Gasteiger partial charge is 0.203 e. The number of nitrogens with zero attached hydrogens (tertiary/aromatic N) is 2. The summed E-state index contributed by atoms with van der Waals surface area (Å²) in [6.07, 6.45) is 5.66. The second-order valence-electron chi connectivity index (χ2n) is 5.38. The number of carbonyl (C=O) groups excluding carboxylic acids is 1. The quantitative estimate of drug-likeness (QED) is 0.589. The van der Waals surface area contributed by atoms with Crippen molar-refractivity contribution in [1.82, 2.24) is 0 Å². The van der Waals surface area contributed by atoms with Gasteiger partial charge >= 0.3 is 0 Å². The fraction of sp³-hybridized carbons (Fsp3) is 0.421. The summed E-state index contributed by atoms with van der Waals surface area (Å²) in [5, 5.41) is 8.04. The molecule has 0 radical (unpaired) electrons. The highest BCUT2D eigenvalue weighted by atomic mass is 16.1. The molecule has 2 rings (SSSR count). The van der Waals surface area contributed by atoms with Gasteiger partial charge in [-0.3, -0.25) is 4.79 Å². The third-order valence-electron chi connectivity index (χ3n) is 3.46. The molecule has 22 heavy (non-hydrogen) atoms. The number of aryl methyl sites for hydroxylation is 1. The Hall–Kier alpha value is -2.39. The summed E-state index contributed by atoms with van der Waals surface area (Å²) in [5.74, 6) is 11.3. The van der Waals surface area contributed by atoms with Crippen LogP contribution in [0.5, 0.6) is 0 Å². The predicted molar refractivity (Wildman–Crippen MR) is 88.1 cm³/mol. The monoisotopic (exact) mass is 292 g/mol. The van der Waals surface area contributed by atoms with Crippen LogP contribution in [0.15, 0.2) is 28.4 Å². The highest BCUT2D eigenvalue weighted by Gasteiger charge is 2.24. The second-order valence-corrected chi connectivity index (χ2v) is 5.38. The van der Waals surface area contributed by atoms with Crippen LogP contribution < -0.4 is 0 Å². The van der Waals surface area contributed by atoms with E-state index < -0.39 is 6.04 Å². The number of rotatable bonds is 4. The lowest BCUT2D eigenvalue weighted by Crippen LogP contribution is -2.19. The number of carbonyl (C=O) groups is 1. The third kappa shape index (κ3) is 4.30. The fourth-order valence-electron chi connectivity index (χ4n) is 2.20. The Morgan fingerprint density at radius 1 is 1.18 bits per heavy atom. The van der Waals surface area contributed by atoms with Gasteiger partial charge in [-0.2, -0.15) is 10.2 Å². The Bertz CT molecular complexity index is 696. The minimum absolute atomic E-state index is 0.0917. The summed E-state index contributed by atoms with van der Waals surface area (Å²) in [5.41, 5.74) is 2.25. The maximum absolute atomic E-state index is 12.3. The standard InChI is InChI=1S/C19H20N2O/c1-3-4-5-6-7-8-9-10-11-18-19(22)16-14-15(2)12-13-17(16)20-21-18/h12-14,18H,3-7H2,1-2H3. The maximum atomic E-state index is 12.3. The molecule has 3 nitrogen and oxygen atoms in total. The molecular weight excluding hydrogens is 272 g/mol. The summed E-state index contributed by atoms with van der Waals surface area (Å²) in [6, 6.07) is 4.85. The van der Waals surface area contributed by atoms with Gasteiger partial charge in [-0.15, -0.1) is 0 Å². The van der Waals surface area contributed by atoms with Crippen molar-refractivity contribution in [1.29, 1.82) is 0 Å². The second kappa shape index (κ2) is 8.15. The van der Waals surface area contributed by atoms with Crippen molar-refractivity contribution >= 4 is 11.5 Å². The van der Waals surface area contributed by atoms with Gasteiger partial charge < -0.3 is 0 Å². The Kier molecular flexibility index (Phi) is 5.92. The molecule has 0 fully saturated rings. The van der Waals surface area contributed by atoms with Crippen LogP contribution in [-0.4, -0.2) is 11.8 Å². The van der Waals surface area contributed by atoms with Gasteiger partial charge in [0.05, 0.1) is 5.69 Å². The first-order chi connectivity index (χ1) is 10.7. The Labute approximate surface area is 132 Å². The van der Waals surface area contributed by atoms with E-state index in [9.17, 15) is 4.79 Å². The van der Waals surface area contributed by atoms with E-state index in [-0.39, 0.29) is 5.78 Å². The number of Topliss-reactive ketones (excluding diaryl/α,β-unsaturated/α-hetero) is 1. The summed E-state index contributed by atoms with van der Waals surface area (Å²) in [4.78, 5) is 12.3. The minimum atomic E-state index is -0.719. The molecule has 1 aliphatic rings. The Morgan fingerprint density at radius 2 is 2.05 bits per heavy atom. The molecule has 0 amide bonds. The van der Waals surface area contributed by atoms with Gasteiger partial charge in [-0.1, -0.05) is 49.7 Å². The van der Waals surface area contributed by atoms with E-state index in [1.165, 1.54) is 19.3 Å². The highest BCUT2D eigenvalue weighted by molar-refractivity contribution is 6.06. The van der Waals surface area contributed by atoms with E-state index in [1.54, 1.807) is 0 Å². The fourth-order valence-corrected chi connectivity index (χ4v) is 2.20. The molecule has 1 aromatic carbocycles. The van der Waals surface area contributed by atoms with Crippen molar-refractivity contribution in [2.45, 2.75) is 52.0 Å². The number of unbranched alkanes of at least 4 members (excludes halogenated alkanes) is 4. The van der Waals surface area contributed by atoms with Crippen LogP contribution in [0.1, 0.15) is 54.9 Å². The molecule has 0 saturated heterocycles. The summed E-state index contributed by atoms with van der Waals surface area (Å²) in [6.45, 7) is 4.14. The molecule has 1 heterocycles. The average molecular weight is 292 g/mol. The normalized spacial score (nSPS) is 15.4. The molecule has 0 spiro atoms. The van der Waals surface area contributed by atoms with Gasteiger partial charge in [0.1, 0.15) is 0 Å². The van der Waals surface area contributed by atoms with Gasteiger partial charge in [0, 0.05) is 12.0 Å². The van der Waals surface area contributed by atoms with Crippen LogP contribution >= 0.6 is 0 Å². The lowest BCUT2D eigenvalue weighted by molar-refractivity contribution is 0.0976. The van der Waals surface area contributed by atoms with E-state index in [1.807, 2.05) is 25.1 Å². The van der Waals surface area contributed by atoms with Crippen LogP contribution in [0, 0.1) is 30.6 Å². The summed E-state index contributed by atoms with van der Waals surface area (Å²) < 4.78 is 0.